The van der Waals surface area contributed by atoms with Gasteiger partial charge in [-0.25, -0.2) is 0 Å². The van der Waals surface area contributed by atoms with Crippen LogP contribution in [0.2, 0.25) is 0 Å². The molecule has 2 amide bonds. The number of carbonyl (C=O) groups is 2. The molecular weight excluding hydrogens is 446 g/mol. The maximum Gasteiger partial charge on any atom is 0.253 e. The van der Waals surface area contributed by atoms with Gasteiger partial charge in [0.1, 0.15) is 5.76 Å². The number of nitrogens with one attached hydrogen (secondary N) is 1. The number of halogens is 1. The van der Waals surface area contributed by atoms with Crippen LogP contribution in [0.1, 0.15) is 47.8 Å². The number of nitrogens with zero attached hydrogens (tertiary/aromatic N) is 2. The lowest BCUT2D eigenvalue weighted by Gasteiger charge is -2.32. The molecule has 4 rings (SSSR count). The number of rotatable bonds is 6. The van der Waals surface area contributed by atoms with E-state index in [1.165, 1.54) is 12.8 Å². The summed E-state index contributed by atoms with van der Waals surface area (Å²) >= 11 is 3.39. The first-order valence-electron chi connectivity index (χ1n) is 10.7. The molecule has 0 saturated carbocycles. The van der Waals surface area contributed by atoms with Crippen LogP contribution < -0.4 is 5.32 Å². The van der Waals surface area contributed by atoms with Crippen LogP contribution in [-0.2, 0) is 4.79 Å². The third kappa shape index (κ3) is 4.95. The van der Waals surface area contributed by atoms with Crippen molar-refractivity contribution < 1.29 is 14.0 Å². The number of piperidine rings is 1. The van der Waals surface area contributed by atoms with Crippen molar-refractivity contribution in [3.05, 3.63) is 58.5 Å². The fourth-order valence-electron chi connectivity index (χ4n) is 4.41. The summed E-state index contributed by atoms with van der Waals surface area (Å²) in [6.07, 6.45) is 5.47. The normalized spacial score (nSPS) is 19.0. The van der Waals surface area contributed by atoms with E-state index in [1.807, 2.05) is 41.3 Å². The van der Waals surface area contributed by atoms with Gasteiger partial charge in [-0.3, -0.25) is 14.5 Å². The zero-order valence-electron chi connectivity index (χ0n) is 17.1. The summed E-state index contributed by atoms with van der Waals surface area (Å²) in [6.45, 7) is 3.86. The second-order valence-corrected chi connectivity index (χ2v) is 9.01. The van der Waals surface area contributed by atoms with Crippen LogP contribution in [0.4, 0.5) is 0 Å². The number of likely N-dealkylation sites (tertiary alicyclic amines) is 2. The number of carbonyl (C=O) groups excluding carboxylic acids is 2. The van der Waals surface area contributed by atoms with Crippen molar-refractivity contribution in [2.75, 3.05) is 32.7 Å². The largest absolute Gasteiger partial charge is 0.468 e. The van der Waals surface area contributed by atoms with E-state index in [0.717, 1.165) is 23.3 Å². The van der Waals surface area contributed by atoms with Gasteiger partial charge < -0.3 is 14.6 Å². The van der Waals surface area contributed by atoms with Gasteiger partial charge in [-0.1, -0.05) is 15.9 Å². The highest BCUT2D eigenvalue weighted by Crippen LogP contribution is 2.26. The van der Waals surface area contributed by atoms with Gasteiger partial charge in [-0.15, -0.1) is 0 Å². The molecule has 6 nitrogen and oxygen atoms in total. The minimum absolute atomic E-state index is 0.0354. The summed E-state index contributed by atoms with van der Waals surface area (Å²) in [5.41, 5.74) is 0.688. The Labute approximate surface area is 185 Å². The molecule has 1 N–H and O–H groups in total. The highest BCUT2D eigenvalue weighted by atomic mass is 79.9. The molecule has 1 aromatic heterocycles. The smallest absolute Gasteiger partial charge is 0.253 e. The number of benzene rings is 1. The average Bonchev–Trinajstić information content (AvgIpc) is 3.49. The summed E-state index contributed by atoms with van der Waals surface area (Å²) in [5, 5.41) is 3.15. The van der Waals surface area contributed by atoms with Gasteiger partial charge >= 0.3 is 0 Å². The molecule has 0 spiro atoms. The van der Waals surface area contributed by atoms with Gasteiger partial charge in [0.25, 0.3) is 5.91 Å². The Morgan fingerprint density at radius 3 is 2.40 bits per heavy atom. The standard InChI is InChI=1S/C23H28BrN3O3/c24-19-7-5-18(6-8-19)23(29)27-13-9-17(10-14-27)22(28)25-16-20(21-4-3-15-30-21)26-11-1-2-12-26/h3-8,15,17,20H,1-2,9-14,16H2,(H,25,28). The third-order valence-electron chi connectivity index (χ3n) is 6.17. The lowest BCUT2D eigenvalue weighted by Crippen LogP contribution is -2.44. The Bertz CT molecular complexity index is 839. The summed E-state index contributed by atoms with van der Waals surface area (Å²) < 4.78 is 6.59. The second kappa shape index (κ2) is 9.79. The van der Waals surface area contributed by atoms with Crippen LogP contribution in [0.3, 0.4) is 0 Å². The molecule has 0 bridgehead atoms. The summed E-state index contributed by atoms with van der Waals surface area (Å²) in [7, 11) is 0. The van der Waals surface area contributed by atoms with Crippen molar-refractivity contribution in [2.45, 2.75) is 31.7 Å². The van der Waals surface area contributed by atoms with E-state index in [9.17, 15) is 9.59 Å². The molecule has 160 valence electrons. The molecular formula is C23H28BrN3O3. The maximum absolute atomic E-state index is 12.8. The van der Waals surface area contributed by atoms with E-state index in [-0.39, 0.29) is 23.8 Å². The molecule has 1 aromatic carbocycles. The zero-order chi connectivity index (χ0) is 20.9. The minimum atomic E-state index is -0.0465. The van der Waals surface area contributed by atoms with Crippen molar-refractivity contribution >= 4 is 27.7 Å². The topological polar surface area (TPSA) is 65.8 Å². The quantitative estimate of drug-likeness (QED) is 0.691. The van der Waals surface area contributed by atoms with Gasteiger partial charge in [-0.05, 0) is 75.2 Å². The first-order chi connectivity index (χ1) is 14.6. The zero-order valence-corrected chi connectivity index (χ0v) is 18.6. The maximum atomic E-state index is 12.8. The number of hydrogen-bond acceptors (Lipinski definition) is 4. The first kappa shape index (κ1) is 21.1. The fourth-order valence-corrected chi connectivity index (χ4v) is 4.67. The van der Waals surface area contributed by atoms with E-state index in [2.05, 4.69) is 26.1 Å². The van der Waals surface area contributed by atoms with Crippen LogP contribution >= 0.6 is 15.9 Å². The summed E-state index contributed by atoms with van der Waals surface area (Å²) in [5.74, 6) is 0.983. The van der Waals surface area contributed by atoms with Gasteiger partial charge in [0.2, 0.25) is 5.91 Å². The van der Waals surface area contributed by atoms with Gasteiger partial charge in [0.15, 0.2) is 0 Å². The molecule has 30 heavy (non-hydrogen) atoms. The predicted octanol–water partition coefficient (Wildman–Crippen LogP) is 3.85. The van der Waals surface area contributed by atoms with Crippen molar-refractivity contribution in [1.29, 1.82) is 0 Å². The van der Waals surface area contributed by atoms with Crippen molar-refractivity contribution in [1.82, 2.24) is 15.1 Å². The average molecular weight is 474 g/mol. The highest BCUT2D eigenvalue weighted by Gasteiger charge is 2.30. The number of amides is 2. The van der Waals surface area contributed by atoms with Gasteiger partial charge in [-0.2, -0.15) is 0 Å². The van der Waals surface area contributed by atoms with Crippen LogP contribution in [0.5, 0.6) is 0 Å². The van der Waals surface area contributed by atoms with E-state index >= 15 is 0 Å². The predicted molar refractivity (Wildman–Crippen MR) is 118 cm³/mol. The molecule has 7 heteroatoms. The van der Waals surface area contributed by atoms with E-state index in [0.29, 0.717) is 38.0 Å². The first-order valence-corrected chi connectivity index (χ1v) is 11.5. The molecule has 0 radical (unpaired) electrons. The number of hydrogen-bond donors (Lipinski definition) is 1. The van der Waals surface area contributed by atoms with Gasteiger partial charge in [0.05, 0.1) is 12.3 Å². The van der Waals surface area contributed by atoms with Crippen molar-refractivity contribution in [3.8, 4) is 0 Å². The van der Waals surface area contributed by atoms with Crippen LogP contribution in [0, 0.1) is 5.92 Å². The Balaban J connectivity index is 1.28. The molecule has 2 fully saturated rings. The summed E-state index contributed by atoms with van der Waals surface area (Å²) in [4.78, 5) is 29.7. The SMILES string of the molecule is O=C(NCC(c1ccco1)N1CCCC1)C1CCN(C(=O)c2ccc(Br)cc2)CC1. The molecule has 1 unspecified atom stereocenters. The van der Waals surface area contributed by atoms with Crippen LogP contribution in [-0.4, -0.2) is 54.3 Å². The molecule has 2 aliphatic rings. The molecule has 3 heterocycles. The molecule has 2 aliphatic heterocycles. The summed E-state index contributed by atoms with van der Waals surface area (Å²) in [6, 6.07) is 11.4. The Hall–Kier alpha value is -2.12. The second-order valence-electron chi connectivity index (χ2n) is 8.09. The minimum Gasteiger partial charge on any atom is -0.468 e. The Morgan fingerprint density at radius 2 is 1.77 bits per heavy atom. The van der Waals surface area contributed by atoms with Gasteiger partial charge in [0, 0.05) is 35.6 Å². The monoisotopic (exact) mass is 473 g/mol. The van der Waals surface area contributed by atoms with Crippen LogP contribution in [0.15, 0.2) is 51.6 Å². The molecule has 1 atom stereocenters. The lowest BCUT2D eigenvalue weighted by molar-refractivity contribution is -0.126. The van der Waals surface area contributed by atoms with Crippen molar-refractivity contribution in [2.24, 2.45) is 5.92 Å². The van der Waals surface area contributed by atoms with Crippen molar-refractivity contribution in [3.63, 3.8) is 0 Å². The van der Waals surface area contributed by atoms with E-state index < -0.39 is 0 Å². The lowest BCUT2D eigenvalue weighted by atomic mass is 9.95. The molecule has 2 aromatic rings. The highest BCUT2D eigenvalue weighted by molar-refractivity contribution is 9.10. The number of furan rings is 1. The Morgan fingerprint density at radius 1 is 1.07 bits per heavy atom. The third-order valence-corrected chi connectivity index (χ3v) is 6.70. The van der Waals surface area contributed by atoms with Crippen LogP contribution in [0.25, 0.3) is 0 Å². The molecule has 2 saturated heterocycles. The molecule has 0 aliphatic carbocycles. The van der Waals surface area contributed by atoms with E-state index in [1.54, 1.807) is 6.26 Å². The van der Waals surface area contributed by atoms with E-state index in [4.69, 9.17) is 4.42 Å². The Kier molecular flexibility index (Phi) is 6.89. The fraction of sp³-hybridized carbons (Fsp3) is 0.478.